The van der Waals surface area contributed by atoms with Crippen LogP contribution in [0.25, 0.3) is 0 Å². The molecule has 29 heavy (non-hydrogen) atoms. The molecule has 4 rings (SSSR count). The van der Waals surface area contributed by atoms with Crippen molar-refractivity contribution in [2.45, 2.75) is 58.4 Å². The van der Waals surface area contributed by atoms with Crippen molar-refractivity contribution in [2.75, 3.05) is 23.7 Å². The van der Waals surface area contributed by atoms with Gasteiger partial charge in [0.25, 0.3) is 5.91 Å². The highest BCUT2D eigenvalue weighted by Crippen LogP contribution is 2.39. The van der Waals surface area contributed by atoms with Crippen molar-refractivity contribution >= 4 is 33.8 Å². The summed E-state index contributed by atoms with van der Waals surface area (Å²) in [5.74, 6) is -0.153. The number of nitrogens with zero attached hydrogens (tertiary/aromatic N) is 1. The van der Waals surface area contributed by atoms with Crippen LogP contribution in [0.2, 0.25) is 0 Å². The van der Waals surface area contributed by atoms with Gasteiger partial charge in [-0.3, -0.25) is 14.5 Å². The summed E-state index contributed by atoms with van der Waals surface area (Å²) in [6.07, 6.45) is 6.50. The maximum atomic E-state index is 13.1. The van der Waals surface area contributed by atoms with E-state index < -0.39 is 0 Å². The first-order valence-corrected chi connectivity index (χ1v) is 11.4. The van der Waals surface area contributed by atoms with E-state index in [2.05, 4.69) is 22.5 Å². The van der Waals surface area contributed by atoms with Crippen molar-refractivity contribution < 1.29 is 9.59 Å². The zero-order valence-electron chi connectivity index (χ0n) is 17.2. The Morgan fingerprint density at radius 3 is 2.83 bits per heavy atom. The molecular formula is C23H29N3O2S. The lowest BCUT2D eigenvalue weighted by atomic mass is 10.0. The van der Waals surface area contributed by atoms with Crippen molar-refractivity contribution in [2.24, 2.45) is 0 Å². The van der Waals surface area contributed by atoms with Crippen molar-refractivity contribution in [3.8, 4) is 0 Å². The van der Waals surface area contributed by atoms with E-state index in [0.29, 0.717) is 23.2 Å². The Kier molecular flexibility index (Phi) is 6.01. The molecule has 0 spiro atoms. The lowest BCUT2D eigenvalue weighted by Gasteiger charge is -2.32. The molecule has 2 heterocycles. The predicted octanol–water partition coefficient (Wildman–Crippen LogP) is 4.61. The number of piperidine rings is 1. The average Bonchev–Trinajstić information content (AvgIpc) is 3.24. The number of amides is 2. The molecule has 6 heteroatoms. The molecular weight excluding hydrogens is 382 g/mol. The second kappa shape index (κ2) is 8.67. The molecule has 1 aromatic carbocycles. The molecule has 2 aliphatic rings. The summed E-state index contributed by atoms with van der Waals surface area (Å²) in [6.45, 7) is 5.55. The van der Waals surface area contributed by atoms with E-state index in [-0.39, 0.29) is 11.8 Å². The molecule has 154 valence electrons. The minimum atomic E-state index is -0.128. The molecule has 1 unspecified atom stereocenters. The molecule has 0 bridgehead atoms. The Labute approximate surface area is 176 Å². The fourth-order valence-electron chi connectivity index (χ4n) is 4.39. The molecule has 1 saturated heterocycles. The van der Waals surface area contributed by atoms with Crippen LogP contribution >= 0.6 is 11.3 Å². The highest BCUT2D eigenvalue weighted by atomic mass is 32.1. The van der Waals surface area contributed by atoms with Gasteiger partial charge < -0.3 is 10.6 Å². The van der Waals surface area contributed by atoms with Gasteiger partial charge in [0.05, 0.1) is 12.1 Å². The van der Waals surface area contributed by atoms with Crippen molar-refractivity contribution in [1.82, 2.24) is 4.90 Å². The van der Waals surface area contributed by atoms with Gasteiger partial charge in [-0.25, -0.2) is 0 Å². The van der Waals surface area contributed by atoms with Gasteiger partial charge in [-0.2, -0.15) is 0 Å². The minimum Gasteiger partial charge on any atom is -0.322 e. The number of thiophene rings is 1. The fraction of sp³-hybridized carbons (Fsp3) is 0.478. The third-order valence-electron chi connectivity index (χ3n) is 5.96. The molecule has 0 radical (unpaired) electrons. The summed E-state index contributed by atoms with van der Waals surface area (Å²) in [5.41, 5.74) is 3.65. The largest absolute Gasteiger partial charge is 0.322 e. The fourth-order valence-corrected chi connectivity index (χ4v) is 5.70. The molecule has 1 atom stereocenters. The van der Waals surface area contributed by atoms with Crippen LogP contribution in [0, 0.1) is 6.92 Å². The second-order valence-corrected chi connectivity index (χ2v) is 9.35. The number of hydrogen-bond acceptors (Lipinski definition) is 4. The maximum Gasteiger partial charge on any atom is 0.258 e. The van der Waals surface area contributed by atoms with Crippen LogP contribution in [-0.4, -0.2) is 35.8 Å². The number of likely N-dealkylation sites (tertiary alicyclic amines) is 1. The van der Waals surface area contributed by atoms with E-state index in [4.69, 9.17) is 0 Å². The van der Waals surface area contributed by atoms with E-state index in [1.54, 1.807) is 11.3 Å². The summed E-state index contributed by atoms with van der Waals surface area (Å²) in [7, 11) is 0. The molecule has 5 nitrogen and oxygen atoms in total. The molecule has 1 fully saturated rings. The standard InChI is InChI=1S/C23H29N3O2S/c1-15-7-5-9-17(13-15)24-22(28)21-18-10-6-11-19(18)29-23(21)25-20(27)14-26-12-4-3-8-16(26)2/h5,7,9,13,16H,3-4,6,8,10-12,14H2,1-2H3,(H,24,28)(H,25,27). The first kappa shape index (κ1) is 20.1. The summed E-state index contributed by atoms with van der Waals surface area (Å²) in [5, 5.41) is 6.79. The number of rotatable bonds is 5. The van der Waals surface area contributed by atoms with Gasteiger partial charge >= 0.3 is 0 Å². The number of aryl methyl sites for hydroxylation is 2. The summed E-state index contributed by atoms with van der Waals surface area (Å²) in [6, 6.07) is 8.23. The van der Waals surface area contributed by atoms with Gasteiger partial charge in [0.1, 0.15) is 5.00 Å². The van der Waals surface area contributed by atoms with Crippen LogP contribution in [0.3, 0.4) is 0 Å². The Balaban J connectivity index is 1.51. The van der Waals surface area contributed by atoms with E-state index >= 15 is 0 Å². The number of hydrogen-bond donors (Lipinski definition) is 2. The summed E-state index contributed by atoms with van der Waals surface area (Å²) >= 11 is 1.57. The Morgan fingerprint density at radius 2 is 2.03 bits per heavy atom. The number of anilines is 2. The number of fused-ring (bicyclic) bond motifs is 1. The van der Waals surface area contributed by atoms with Gasteiger partial charge in [0, 0.05) is 16.6 Å². The topological polar surface area (TPSA) is 61.4 Å². The van der Waals surface area contributed by atoms with Crippen LogP contribution in [0.15, 0.2) is 24.3 Å². The molecule has 2 aromatic rings. The molecule has 1 aromatic heterocycles. The van der Waals surface area contributed by atoms with Crippen LogP contribution < -0.4 is 10.6 Å². The van der Waals surface area contributed by atoms with Crippen LogP contribution in [0.1, 0.15) is 59.0 Å². The quantitative estimate of drug-likeness (QED) is 0.755. The number of carbonyl (C=O) groups is 2. The van der Waals surface area contributed by atoms with E-state index in [0.717, 1.165) is 55.5 Å². The minimum absolute atomic E-state index is 0.0247. The van der Waals surface area contributed by atoms with Gasteiger partial charge in [-0.1, -0.05) is 18.6 Å². The first-order valence-electron chi connectivity index (χ1n) is 10.6. The first-order chi connectivity index (χ1) is 14.0. The normalized spacial score (nSPS) is 19.0. The Bertz CT molecular complexity index is 921. The molecule has 2 N–H and O–H groups in total. The van der Waals surface area contributed by atoms with Crippen LogP contribution in [-0.2, 0) is 17.6 Å². The summed E-state index contributed by atoms with van der Waals surface area (Å²) < 4.78 is 0. The molecule has 1 aliphatic carbocycles. The SMILES string of the molecule is Cc1cccc(NC(=O)c2c(NC(=O)CN3CCCCC3C)sc3c2CCC3)c1. The highest BCUT2D eigenvalue weighted by molar-refractivity contribution is 7.17. The molecule has 0 saturated carbocycles. The maximum absolute atomic E-state index is 13.1. The number of nitrogens with one attached hydrogen (secondary N) is 2. The zero-order chi connectivity index (χ0) is 20.4. The van der Waals surface area contributed by atoms with Crippen LogP contribution in [0.5, 0.6) is 0 Å². The third kappa shape index (κ3) is 4.54. The van der Waals surface area contributed by atoms with Crippen molar-refractivity contribution in [1.29, 1.82) is 0 Å². The number of benzene rings is 1. The van der Waals surface area contributed by atoms with Gasteiger partial charge in [0.15, 0.2) is 0 Å². The van der Waals surface area contributed by atoms with E-state index in [1.807, 2.05) is 31.2 Å². The molecule has 2 amide bonds. The third-order valence-corrected chi connectivity index (χ3v) is 7.17. The van der Waals surface area contributed by atoms with Crippen LogP contribution in [0.4, 0.5) is 10.7 Å². The Morgan fingerprint density at radius 1 is 1.17 bits per heavy atom. The monoisotopic (exact) mass is 411 g/mol. The Hall–Kier alpha value is -2.18. The van der Waals surface area contributed by atoms with Crippen molar-refractivity contribution in [3.05, 3.63) is 45.8 Å². The average molecular weight is 412 g/mol. The van der Waals surface area contributed by atoms with Gasteiger partial charge in [-0.15, -0.1) is 11.3 Å². The van der Waals surface area contributed by atoms with Gasteiger partial charge in [-0.05, 0) is 75.8 Å². The lowest BCUT2D eigenvalue weighted by molar-refractivity contribution is -0.118. The smallest absolute Gasteiger partial charge is 0.258 e. The highest BCUT2D eigenvalue weighted by Gasteiger charge is 2.28. The molecule has 1 aliphatic heterocycles. The predicted molar refractivity (Wildman–Crippen MR) is 119 cm³/mol. The van der Waals surface area contributed by atoms with Crippen molar-refractivity contribution in [3.63, 3.8) is 0 Å². The van der Waals surface area contributed by atoms with Gasteiger partial charge in [0.2, 0.25) is 5.91 Å². The van der Waals surface area contributed by atoms with E-state index in [9.17, 15) is 9.59 Å². The second-order valence-electron chi connectivity index (χ2n) is 8.25. The summed E-state index contributed by atoms with van der Waals surface area (Å²) in [4.78, 5) is 29.4. The van der Waals surface area contributed by atoms with E-state index in [1.165, 1.54) is 11.3 Å². The lowest BCUT2D eigenvalue weighted by Crippen LogP contribution is -2.42. The number of carbonyl (C=O) groups excluding carboxylic acids is 2. The zero-order valence-corrected chi connectivity index (χ0v) is 18.0.